The van der Waals surface area contributed by atoms with E-state index in [9.17, 15) is 14.4 Å². The molecule has 0 spiro atoms. The first-order chi connectivity index (χ1) is 9.88. The van der Waals surface area contributed by atoms with Gasteiger partial charge in [0.1, 0.15) is 17.1 Å². The summed E-state index contributed by atoms with van der Waals surface area (Å²) in [5, 5.41) is 13.3. The molecule has 21 heavy (non-hydrogen) atoms. The minimum Gasteiger partial charge on any atom is -0.497 e. The van der Waals surface area contributed by atoms with Gasteiger partial charge in [-0.1, -0.05) is 0 Å². The van der Waals surface area contributed by atoms with Crippen molar-refractivity contribution in [2.45, 2.75) is 13.0 Å². The Morgan fingerprint density at radius 2 is 1.95 bits per heavy atom. The Bertz CT molecular complexity index is 558. The van der Waals surface area contributed by atoms with Crippen LogP contribution in [-0.2, 0) is 4.79 Å². The number of ether oxygens (including phenoxy) is 2. The number of hydrogen-bond donors (Lipinski definition) is 3. The molecule has 3 N–H and O–H groups in total. The fourth-order valence-corrected chi connectivity index (χ4v) is 1.42. The number of carboxylic acids is 1. The summed E-state index contributed by atoms with van der Waals surface area (Å²) < 4.78 is 10.3. The quantitative estimate of drug-likeness (QED) is 0.733. The van der Waals surface area contributed by atoms with E-state index in [1.54, 1.807) is 0 Å². The van der Waals surface area contributed by atoms with Crippen LogP contribution >= 0.6 is 0 Å². The molecule has 1 aromatic rings. The van der Waals surface area contributed by atoms with E-state index >= 15 is 0 Å². The number of carbonyl (C=O) groups excluding carboxylic acids is 2. The number of hydrogen-bond acceptors (Lipinski definition) is 5. The lowest BCUT2D eigenvalue weighted by Gasteiger charge is -2.16. The van der Waals surface area contributed by atoms with Crippen molar-refractivity contribution >= 4 is 17.9 Å². The Kier molecular flexibility index (Phi) is 5.53. The van der Waals surface area contributed by atoms with Crippen molar-refractivity contribution in [2.75, 3.05) is 14.2 Å². The molecule has 1 rings (SSSR count). The van der Waals surface area contributed by atoms with E-state index in [1.807, 2.05) is 5.32 Å². The number of nitrogens with one attached hydrogen (secondary N) is 2. The Balaban J connectivity index is 2.92. The standard InChI is InChI=1S/C13H16N2O6/c1-7(11(16)15-13(19)14-2)21-10-6-8(20-3)4-5-9(10)12(17)18/h4-7H,1-3H3,(H,17,18)(H2,14,15,16,19). The fourth-order valence-electron chi connectivity index (χ4n) is 1.42. The zero-order valence-electron chi connectivity index (χ0n) is 11.8. The number of carboxylic acid groups (broad SMARTS) is 1. The van der Waals surface area contributed by atoms with Gasteiger partial charge in [-0.25, -0.2) is 9.59 Å². The van der Waals surface area contributed by atoms with Gasteiger partial charge in [0.05, 0.1) is 7.11 Å². The number of urea groups is 1. The zero-order valence-corrected chi connectivity index (χ0v) is 11.8. The lowest BCUT2D eigenvalue weighted by Crippen LogP contribution is -2.44. The summed E-state index contributed by atoms with van der Waals surface area (Å²) in [7, 11) is 2.78. The van der Waals surface area contributed by atoms with Gasteiger partial charge in [-0.05, 0) is 19.1 Å². The number of aromatic carboxylic acids is 1. The highest BCUT2D eigenvalue weighted by molar-refractivity contribution is 5.96. The monoisotopic (exact) mass is 296 g/mol. The topological polar surface area (TPSA) is 114 Å². The molecule has 3 amide bonds. The molecule has 1 atom stereocenters. The lowest BCUT2D eigenvalue weighted by molar-refractivity contribution is -0.126. The third-order valence-electron chi connectivity index (χ3n) is 2.56. The van der Waals surface area contributed by atoms with Gasteiger partial charge in [0.25, 0.3) is 5.91 Å². The molecular formula is C13H16N2O6. The van der Waals surface area contributed by atoms with Crippen LogP contribution in [0.1, 0.15) is 17.3 Å². The minimum atomic E-state index is -1.20. The van der Waals surface area contributed by atoms with Gasteiger partial charge in [0.15, 0.2) is 6.10 Å². The molecule has 0 heterocycles. The molecule has 0 saturated heterocycles. The zero-order chi connectivity index (χ0) is 16.0. The predicted molar refractivity (Wildman–Crippen MR) is 72.6 cm³/mol. The SMILES string of the molecule is CNC(=O)NC(=O)C(C)Oc1cc(OC)ccc1C(=O)O. The van der Waals surface area contributed by atoms with Crippen LogP contribution in [0, 0.1) is 0 Å². The van der Waals surface area contributed by atoms with Gasteiger partial charge in [-0.3, -0.25) is 10.1 Å². The molecule has 0 bridgehead atoms. The second kappa shape index (κ2) is 7.13. The van der Waals surface area contributed by atoms with Crippen molar-refractivity contribution in [2.24, 2.45) is 0 Å². The number of methoxy groups -OCH3 is 1. The van der Waals surface area contributed by atoms with E-state index < -0.39 is 24.0 Å². The second-order valence-electron chi connectivity index (χ2n) is 4.00. The third-order valence-corrected chi connectivity index (χ3v) is 2.56. The van der Waals surface area contributed by atoms with Gasteiger partial charge >= 0.3 is 12.0 Å². The van der Waals surface area contributed by atoms with E-state index in [-0.39, 0.29) is 11.3 Å². The predicted octanol–water partition coefficient (Wildman–Crippen LogP) is 0.616. The maximum Gasteiger partial charge on any atom is 0.339 e. The van der Waals surface area contributed by atoms with Crippen LogP contribution in [0.3, 0.4) is 0 Å². The number of benzene rings is 1. The van der Waals surface area contributed by atoms with E-state index in [2.05, 4.69) is 5.32 Å². The van der Waals surface area contributed by atoms with Crippen LogP contribution in [0.5, 0.6) is 11.5 Å². The summed E-state index contributed by atoms with van der Waals surface area (Å²) in [5.41, 5.74) is -0.115. The summed E-state index contributed by atoms with van der Waals surface area (Å²) in [6.07, 6.45) is -1.06. The molecule has 8 heteroatoms. The Hall–Kier alpha value is -2.77. The van der Waals surface area contributed by atoms with Crippen molar-refractivity contribution in [3.63, 3.8) is 0 Å². The average Bonchev–Trinajstić information content (AvgIpc) is 2.46. The Labute approximate surface area is 121 Å². The van der Waals surface area contributed by atoms with Crippen LogP contribution in [-0.4, -0.2) is 43.3 Å². The average molecular weight is 296 g/mol. The van der Waals surface area contributed by atoms with Crippen molar-refractivity contribution in [1.29, 1.82) is 0 Å². The summed E-state index contributed by atoms with van der Waals surface area (Å²) in [4.78, 5) is 33.8. The summed E-state index contributed by atoms with van der Waals surface area (Å²) in [6, 6.07) is 3.44. The largest absolute Gasteiger partial charge is 0.497 e. The highest BCUT2D eigenvalue weighted by atomic mass is 16.5. The van der Waals surface area contributed by atoms with E-state index in [4.69, 9.17) is 14.6 Å². The van der Waals surface area contributed by atoms with Crippen LogP contribution in [0.2, 0.25) is 0 Å². The number of amides is 3. The molecule has 8 nitrogen and oxygen atoms in total. The van der Waals surface area contributed by atoms with Gasteiger partial charge in [0.2, 0.25) is 0 Å². The molecular weight excluding hydrogens is 280 g/mol. The number of carbonyl (C=O) groups is 3. The van der Waals surface area contributed by atoms with Crippen LogP contribution < -0.4 is 20.1 Å². The molecule has 1 aromatic carbocycles. The van der Waals surface area contributed by atoms with E-state index in [0.717, 1.165) is 0 Å². The van der Waals surface area contributed by atoms with Gasteiger partial charge in [0, 0.05) is 13.1 Å². The van der Waals surface area contributed by atoms with Crippen molar-refractivity contribution < 1.29 is 29.0 Å². The minimum absolute atomic E-state index is 0.0265. The van der Waals surface area contributed by atoms with E-state index in [1.165, 1.54) is 39.3 Å². The number of rotatable bonds is 5. The van der Waals surface area contributed by atoms with Crippen molar-refractivity contribution in [3.05, 3.63) is 23.8 Å². The lowest BCUT2D eigenvalue weighted by atomic mass is 10.2. The molecule has 0 radical (unpaired) electrons. The molecule has 0 aromatic heterocycles. The first-order valence-corrected chi connectivity index (χ1v) is 5.99. The molecule has 0 saturated carbocycles. The number of imide groups is 1. The van der Waals surface area contributed by atoms with Crippen molar-refractivity contribution in [1.82, 2.24) is 10.6 Å². The highest BCUT2D eigenvalue weighted by Crippen LogP contribution is 2.25. The molecule has 0 aliphatic rings. The first-order valence-electron chi connectivity index (χ1n) is 5.99. The smallest absolute Gasteiger partial charge is 0.339 e. The Morgan fingerprint density at radius 1 is 1.29 bits per heavy atom. The van der Waals surface area contributed by atoms with Crippen LogP contribution in [0.4, 0.5) is 4.79 Å². The molecule has 1 unspecified atom stereocenters. The maximum atomic E-state index is 11.7. The molecule has 114 valence electrons. The summed E-state index contributed by atoms with van der Waals surface area (Å²) >= 11 is 0. The normalized spacial score (nSPS) is 11.2. The molecule has 0 fully saturated rings. The fraction of sp³-hybridized carbons (Fsp3) is 0.308. The van der Waals surface area contributed by atoms with Gasteiger partial charge in [-0.15, -0.1) is 0 Å². The van der Waals surface area contributed by atoms with Gasteiger partial charge < -0.3 is 19.9 Å². The van der Waals surface area contributed by atoms with E-state index in [0.29, 0.717) is 5.75 Å². The summed E-state index contributed by atoms with van der Waals surface area (Å²) in [6.45, 7) is 1.39. The van der Waals surface area contributed by atoms with Crippen LogP contribution in [0.25, 0.3) is 0 Å². The highest BCUT2D eigenvalue weighted by Gasteiger charge is 2.20. The Morgan fingerprint density at radius 3 is 2.48 bits per heavy atom. The van der Waals surface area contributed by atoms with Gasteiger partial charge in [-0.2, -0.15) is 0 Å². The maximum absolute atomic E-state index is 11.7. The second-order valence-corrected chi connectivity index (χ2v) is 4.00. The first kappa shape index (κ1) is 16.3. The molecule has 0 aliphatic carbocycles. The third kappa shape index (κ3) is 4.37. The van der Waals surface area contributed by atoms with Crippen LogP contribution in [0.15, 0.2) is 18.2 Å². The van der Waals surface area contributed by atoms with Crippen molar-refractivity contribution in [3.8, 4) is 11.5 Å². The summed E-state index contributed by atoms with van der Waals surface area (Å²) in [5.74, 6) is -1.55. The molecule has 0 aliphatic heterocycles.